The number of aliphatic hydroxyl groups is 1. The fourth-order valence-electron chi connectivity index (χ4n) is 4.93. The van der Waals surface area contributed by atoms with Gasteiger partial charge in [0.15, 0.2) is 0 Å². The second kappa shape index (κ2) is 6.58. The molecule has 110 valence electrons. The van der Waals surface area contributed by atoms with Gasteiger partial charge in [0, 0.05) is 12.6 Å². The molecule has 0 aromatic rings. The van der Waals surface area contributed by atoms with E-state index in [1.54, 1.807) is 0 Å². The van der Waals surface area contributed by atoms with Gasteiger partial charge in [0.1, 0.15) is 0 Å². The molecular weight excluding hydrogens is 234 g/mol. The zero-order chi connectivity index (χ0) is 13.1. The Morgan fingerprint density at radius 1 is 0.895 bits per heavy atom. The van der Waals surface area contributed by atoms with E-state index in [-0.39, 0.29) is 6.10 Å². The van der Waals surface area contributed by atoms with Crippen molar-refractivity contribution in [1.29, 1.82) is 0 Å². The number of likely N-dealkylation sites (tertiary alicyclic amines) is 1. The molecule has 0 bridgehead atoms. The van der Waals surface area contributed by atoms with Gasteiger partial charge in [0.2, 0.25) is 0 Å². The molecule has 3 aliphatic rings. The highest BCUT2D eigenvalue weighted by Crippen LogP contribution is 2.36. The second-order valence-electron chi connectivity index (χ2n) is 7.29. The Balaban J connectivity index is 1.49. The molecule has 0 spiro atoms. The lowest BCUT2D eigenvalue weighted by Gasteiger charge is -2.45. The third kappa shape index (κ3) is 3.52. The van der Waals surface area contributed by atoms with E-state index in [0.29, 0.717) is 0 Å². The molecule has 0 aromatic heterocycles. The van der Waals surface area contributed by atoms with Crippen LogP contribution in [0.3, 0.4) is 0 Å². The monoisotopic (exact) mass is 265 g/mol. The predicted molar refractivity (Wildman–Crippen MR) is 79.1 cm³/mol. The van der Waals surface area contributed by atoms with Crippen LogP contribution in [0, 0.1) is 11.8 Å². The Hall–Kier alpha value is -0.0800. The third-order valence-electron chi connectivity index (χ3n) is 5.88. The van der Waals surface area contributed by atoms with Crippen LogP contribution in [-0.2, 0) is 0 Å². The van der Waals surface area contributed by atoms with E-state index in [4.69, 9.17) is 0 Å². The number of hydrogen-bond acceptors (Lipinski definition) is 2. The molecular formula is C17H31NO. The molecule has 2 heteroatoms. The van der Waals surface area contributed by atoms with Crippen molar-refractivity contribution in [3.8, 4) is 0 Å². The minimum absolute atomic E-state index is 0.0659. The Morgan fingerprint density at radius 2 is 1.58 bits per heavy atom. The quantitative estimate of drug-likeness (QED) is 0.840. The van der Waals surface area contributed by atoms with Crippen molar-refractivity contribution in [2.45, 2.75) is 82.8 Å². The molecule has 1 N–H and O–H groups in total. The lowest BCUT2D eigenvalue weighted by molar-refractivity contribution is 0.0141. The van der Waals surface area contributed by atoms with Crippen molar-refractivity contribution in [2.24, 2.45) is 11.8 Å². The van der Waals surface area contributed by atoms with Gasteiger partial charge in [-0.05, 0) is 50.5 Å². The molecule has 0 amide bonds. The smallest absolute Gasteiger partial charge is 0.0669 e. The summed E-state index contributed by atoms with van der Waals surface area (Å²) in [6.45, 7) is 2.20. The number of piperidine rings is 1. The summed E-state index contributed by atoms with van der Waals surface area (Å²) in [5, 5.41) is 10.4. The summed E-state index contributed by atoms with van der Waals surface area (Å²) in [7, 11) is 0. The van der Waals surface area contributed by atoms with Crippen LogP contribution in [0.4, 0.5) is 0 Å². The van der Waals surface area contributed by atoms with Crippen LogP contribution in [0.1, 0.15) is 70.6 Å². The standard InChI is InChI=1S/C17H31NO/c19-16(12-14-6-1-2-7-14)13-18-11-5-9-15-8-3-4-10-17(15)18/h14-17,19H,1-13H2/t15-,16?,17-/m1/s1. The van der Waals surface area contributed by atoms with Crippen molar-refractivity contribution in [3.63, 3.8) is 0 Å². The highest BCUT2D eigenvalue weighted by atomic mass is 16.3. The summed E-state index contributed by atoms with van der Waals surface area (Å²) < 4.78 is 0. The van der Waals surface area contributed by atoms with E-state index in [2.05, 4.69) is 4.90 Å². The topological polar surface area (TPSA) is 23.5 Å². The minimum atomic E-state index is -0.0659. The van der Waals surface area contributed by atoms with Gasteiger partial charge in [0.05, 0.1) is 6.10 Å². The Bertz CT molecular complexity index is 272. The van der Waals surface area contributed by atoms with Crippen molar-refractivity contribution in [3.05, 3.63) is 0 Å². The van der Waals surface area contributed by atoms with Crippen LogP contribution in [0.5, 0.6) is 0 Å². The lowest BCUT2D eigenvalue weighted by atomic mass is 9.78. The lowest BCUT2D eigenvalue weighted by Crippen LogP contribution is -2.49. The van der Waals surface area contributed by atoms with Crippen LogP contribution in [-0.4, -0.2) is 35.2 Å². The first kappa shape index (κ1) is 13.9. The largest absolute Gasteiger partial charge is 0.392 e. The Morgan fingerprint density at radius 3 is 2.42 bits per heavy atom. The van der Waals surface area contributed by atoms with Gasteiger partial charge >= 0.3 is 0 Å². The van der Waals surface area contributed by atoms with Crippen LogP contribution in [0.25, 0.3) is 0 Å². The van der Waals surface area contributed by atoms with E-state index in [9.17, 15) is 5.11 Å². The van der Waals surface area contributed by atoms with Crippen molar-refractivity contribution in [2.75, 3.05) is 13.1 Å². The molecule has 1 heterocycles. The summed E-state index contributed by atoms with van der Waals surface area (Å²) in [6.07, 6.45) is 15.0. The first-order valence-corrected chi connectivity index (χ1v) is 8.75. The maximum absolute atomic E-state index is 10.4. The van der Waals surface area contributed by atoms with Gasteiger partial charge in [-0.15, -0.1) is 0 Å². The fraction of sp³-hybridized carbons (Fsp3) is 1.00. The molecule has 0 radical (unpaired) electrons. The van der Waals surface area contributed by atoms with Crippen LogP contribution in [0.15, 0.2) is 0 Å². The maximum Gasteiger partial charge on any atom is 0.0669 e. The fourth-order valence-corrected chi connectivity index (χ4v) is 4.93. The van der Waals surface area contributed by atoms with Gasteiger partial charge in [-0.1, -0.05) is 38.5 Å². The molecule has 19 heavy (non-hydrogen) atoms. The van der Waals surface area contributed by atoms with E-state index < -0.39 is 0 Å². The molecule has 3 rings (SSSR count). The van der Waals surface area contributed by atoms with Gasteiger partial charge in [0.25, 0.3) is 0 Å². The Labute approximate surface area is 118 Å². The van der Waals surface area contributed by atoms with E-state index in [1.807, 2.05) is 0 Å². The average Bonchev–Trinajstić information content (AvgIpc) is 2.92. The maximum atomic E-state index is 10.4. The molecule has 3 atom stereocenters. The number of fused-ring (bicyclic) bond motifs is 1. The normalized spacial score (nSPS) is 35.2. The molecule has 1 aliphatic heterocycles. The number of β-amino-alcohol motifs (C(OH)–C–C–N with tert-alkyl or cyclic N) is 1. The molecule has 3 fully saturated rings. The first-order chi connectivity index (χ1) is 9.33. The highest BCUT2D eigenvalue weighted by molar-refractivity contribution is 4.88. The molecule has 2 saturated carbocycles. The molecule has 2 aliphatic carbocycles. The summed E-state index contributed by atoms with van der Waals surface area (Å²) in [5.74, 6) is 1.77. The van der Waals surface area contributed by atoms with Gasteiger partial charge < -0.3 is 5.11 Å². The highest BCUT2D eigenvalue weighted by Gasteiger charge is 2.34. The van der Waals surface area contributed by atoms with E-state index in [0.717, 1.165) is 30.8 Å². The van der Waals surface area contributed by atoms with Crippen molar-refractivity contribution < 1.29 is 5.11 Å². The van der Waals surface area contributed by atoms with E-state index in [1.165, 1.54) is 70.8 Å². The molecule has 1 saturated heterocycles. The van der Waals surface area contributed by atoms with Crippen LogP contribution in [0.2, 0.25) is 0 Å². The zero-order valence-corrected chi connectivity index (χ0v) is 12.4. The van der Waals surface area contributed by atoms with Gasteiger partial charge in [-0.25, -0.2) is 0 Å². The minimum Gasteiger partial charge on any atom is -0.392 e. The molecule has 2 nitrogen and oxygen atoms in total. The number of nitrogens with zero attached hydrogens (tertiary/aromatic N) is 1. The predicted octanol–water partition coefficient (Wildman–Crippen LogP) is 3.58. The van der Waals surface area contributed by atoms with E-state index >= 15 is 0 Å². The summed E-state index contributed by atoms with van der Waals surface area (Å²) in [5.41, 5.74) is 0. The Kier molecular flexibility index (Phi) is 4.81. The van der Waals surface area contributed by atoms with Gasteiger partial charge in [-0.2, -0.15) is 0 Å². The van der Waals surface area contributed by atoms with Gasteiger partial charge in [-0.3, -0.25) is 4.90 Å². The SMILES string of the molecule is OC(CC1CCCC1)CN1CCC[C@H]2CCCC[C@H]21. The number of rotatable bonds is 4. The van der Waals surface area contributed by atoms with Crippen molar-refractivity contribution >= 4 is 0 Å². The zero-order valence-electron chi connectivity index (χ0n) is 12.4. The summed E-state index contributed by atoms with van der Waals surface area (Å²) in [6, 6.07) is 0.806. The number of aliphatic hydroxyl groups excluding tert-OH is 1. The van der Waals surface area contributed by atoms with Crippen LogP contribution >= 0.6 is 0 Å². The van der Waals surface area contributed by atoms with Crippen LogP contribution < -0.4 is 0 Å². The summed E-state index contributed by atoms with van der Waals surface area (Å²) >= 11 is 0. The third-order valence-corrected chi connectivity index (χ3v) is 5.88. The first-order valence-electron chi connectivity index (χ1n) is 8.75. The molecule has 0 aromatic carbocycles. The summed E-state index contributed by atoms with van der Waals surface area (Å²) in [4.78, 5) is 2.65. The average molecular weight is 265 g/mol. The second-order valence-corrected chi connectivity index (χ2v) is 7.29. The van der Waals surface area contributed by atoms with Crippen molar-refractivity contribution in [1.82, 2.24) is 4.90 Å². The molecule has 1 unspecified atom stereocenters. The number of hydrogen-bond donors (Lipinski definition) is 1.